The first-order chi connectivity index (χ1) is 9.97. The highest BCUT2D eigenvalue weighted by atomic mass is 79.9. The van der Waals surface area contributed by atoms with Crippen LogP contribution in [0.25, 0.3) is 0 Å². The number of quaternary nitrogens is 1. The first-order valence-corrected chi connectivity index (χ1v) is 8.58. The number of hydrogen-bond donors (Lipinski definition) is 1. The summed E-state index contributed by atoms with van der Waals surface area (Å²) in [5.41, 5.74) is 0.611. The highest BCUT2D eigenvalue weighted by Gasteiger charge is 2.30. The fraction of sp³-hybridized carbons (Fsp3) is 0.588. The minimum atomic E-state index is -0.230. The Morgan fingerprint density at radius 2 is 1.86 bits per heavy atom. The van der Waals surface area contributed by atoms with Crippen molar-refractivity contribution in [2.24, 2.45) is 0 Å². The Labute approximate surface area is 135 Å². The lowest BCUT2D eigenvalue weighted by atomic mass is 9.97. The molecule has 3 nitrogen and oxygen atoms in total. The molecule has 3 atom stereocenters. The molecular weight excluding hydrogens is 330 g/mol. The van der Waals surface area contributed by atoms with Crippen LogP contribution < -0.4 is 4.90 Å². The van der Waals surface area contributed by atoms with Crippen LogP contribution in [0.4, 0.5) is 0 Å². The van der Waals surface area contributed by atoms with Gasteiger partial charge in [0.05, 0.1) is 17.6 Å². The first kappa shape index (κ1) is 16.5. The van der Waals surface area contributed by atoms with Gasteiger partial charge in [0.2, 0.25) is 0 Å². The van der Waals surface area contributed by atoms with Crippen LogP contribution in [0, 0.1) is 0 Å². The molecule has 0 spiro atoms. The maximum absolute atomic E-state index is 12.1. The van der Waals surface area contributed by atoms with Gasteiger partial charge in [-0.25, -0.2) is 4.79 Å². The highest BCUT2D eigenvalue weighted by molar-refractivity contribution is 9.10. The van der Waals surface area contributed by atoms with Gasteiger partial charge in [0, 0.05) is 4.47 Å². The van der Waals surface area contributed by atoms with Crippen LogP contribution >= 0.6 is 15.9 Å². The van der Waals surface area contributed by atoms with Crippen LogP contribution in [0.15, 0.2) is 28.7 Å². The van der Waals surface area contributed by atoms with E-state index >= 15 is 0 Å². The molecule has 1 fully saturated rings. The molecule has 1 aromatic rings. The largest absolute Gasteiger partial charge is 0.453 e. The Hall–Kier alpha value is -0.870. The van der Waals surface area contributed by atoms with Gasteiger partial charge in [0.1, 0.15) is 12.6 Å². The molecule has 1 heterocycles. The third kappa shape index (κ3) is 4.55. The zero-order valence-electron chi connectivity index (χ0n) is 13.1. The third-order valence-corrected chi connectivity index (χ3v) is 4.98. The van der Waals surface area contributed by atoms with Crippen molar-refractivity contribution < 1.29 is 14.4 Å². The normalized spacial score (nSPS) is 27.1. The van der Waals surface area contributed by atoms with E-state index in [0.717, 1.165) is 11.0 Å². The smallest absolute Gasteiger partial charge is 0.338 e. The molecule has 0 radical (unpaired) electrons. The van der Waals surface area contributed by atoms with Crippen LogP contribution in [-0.4, -0.2) is 30.7 Å². The maximum Gasteiger partial charge on any atom is 0.338 e. The van der Waals surface area contributed by atoms with E-state index in [4.69, 9.17) is 4.74 Å². The second-order valence-electron chi connectivity index (χ2n) is 6.23. The van der Waals surface area contributed by atoms with E-state index in [0.29, 0.717) is 17.6 Å². The Kier molecular flexibility index (Phi) is 5.82. The highest BCUT2D eigenvalue weighted by Crippen LogP contribution is 2.12. The second-order valence-corrected chi connectivity index (χ2v) is 7.15. The summed E-state index contributed by atoms with van der Waals surface area (Å²) in [7, 11) is 0. The maximum atomic E-state index is 12.1. The average molecular weight is 355 g/mol. The molecule has 0 aliphatic carbocycles. The quantitative estimate of drug-likeness (QED) is 0.842. The van der Waals surface area contributed by atoms with Crippen LogP contribution in [0.5, 0.6) is 0 Å². The van der Waals surface area contributed by atoms with Gasteiger partial charge >= 0.3 is 5.97 Å². The van der Waals surface area contributed by atoms with Crippen LogP contribution in [0.3, 0.4) is 0 Å². The van der Waals surface area contributed by atoms with E-state index in [1.165, 1.54) is 19.3 Å². The predicted octanol–water partition coefficient (Wildman–Crippen LogP) is 2.84. The lowest BCUT2D eigenvalue weighted by Crippen LogP contribution is -3.20. The fourth-order valence-corrected chi connectivity index (χ4v) is 3.46. The molecule has 0 saturated carbocycles. The van der Waals surface area contributed by atoms with E-state index in [2.05, 4.69) is 29.8 Å². The molecule has 1 saturated heterocycles. The summed E-state index contributed by atoms with van der Waals surface area (Å²) in [6.07, 6.45) is 3.80. The molecule has 0 aromatic heterocycles. The number of esters is 1. The van der Waals surface area contributed by atoms with Crippen molar-refractivity contribution in [2.45, 2.75) is 58.2 Å². The molecule has 1 aromatic carbocycles. The van der Waals surface area contributed by atoms with Gasteiger partial charge < -0.3 is 9.64 Å². The van der Waals surface area contributed by atoms with Gasteiger partial charge in [0.15, 0.2) is 0 Å². The van der Waals surface area contributed by atoms with Crippen molar-refractivity contribution in [1.82, 2.24) is 0 Å². The molecule has 1 aliphatic heterocycles. The number of carbonyl (C=O) groups is 1. The summed E-state index contributed by atoms with van der Waals surface area (Å²) in [6.45, 7) is 7.49. The van der Waals surface area contributed by atoms with Gasteiger partial charge in [-0.1, -0.05) is 15.9 Å². The summed E-state index contributed by atoms with van der Waals surface area (Å²) in [4.78, 5) is 13.7. The van der Waals surface area contributed by atoms with Crippen LogP contribution in [0.2, 0.25) is 0 Å². The number of nitrogens with one attached hydrogen (secondary N) is 1. The van der Waals surface area contributed by atoms with E-state index < -0.39 is 0 Å². The molecule has 1 aliphatic rings. The van der Waals surface area contributed by atoms with Gasteiger partial charge in [-0.2, -0.15) is 0 Å². The zero-order valence-corrected chi connectivity index (χ0v) is 14.7. The van der Waals surface area contributed by atoms with Gasteiger partial charge in [-0.05, 0) is 64.3 Å². The standard InChI is InChI=1S/C17H24BrNO2/c1-12-5-4-6-13(2)19(12)11-14(3)21-17(20)15-7-9-16(18)10-8-15/h7-10,12-14H,4-6,11H2,1-3H3/p+1. The van der Waals surface area contributed by atoms with E-state index in [1.807, 2.05) is 19.1 Å². The minimum Gasteiger partial charge on any atom is -0.453 e. The zero-order chi connectivity index (χ0) is 15.4. The van der Waals surface area contributed by atoms with E-state index in [1.54, 1.807) is 17.0 Å². The number of halogens is 1. The number of piperidine rings is 1. The predicted molar refractivity (Wildman–Crippen MR) is 87.6 cm³/mol. The monoisotopic (exact) mass is 354 g/mol. The Morgan fingerprint density at radius 1 is 1.29 bits per heavy atom. The molecule has 2 rings (SSSR count). The first-order valence-electron chi connectivity index (χ1n) is 7.79. The number of ether oxygens (including phenoxy) is 1. The molecule has 0 bridgehead atoms. The molecular formula is C17H25BrNO2+. The van der Waals surface area contributed by atoms with Crippen molar-refractivity contribution in [3.63, 3.8) is 0 Å². The topological polar surface area (TPSA) is 30.7 Å². The minimum absolute atomic E-state index is 0.0563. The number of rotatable bonds is 4. The lowest BCUT2D eigenvalue weighted by Gasteiger charge is -2.37. The van der Waals surface area contributed by atoms with Gasteiger partial charge in [-0.3, -0.25) is 0 Å². The van der Waals surface area contributed by atoms with Crippen molar-refractivity contribution in [2.75, 3.05) is 6.54 Å². The second kappa shape index (κ2) is 7.41. The van der Waals surface area contributed by atoms with Crippen LogP contribution in [-0.2, 0) is 4.74 Å². The molecule has 21 heavy (non-hydrogen) atoms. The summed E-state index contributed by atoms with van der Waals surface area (Å²) in [6, 6.07) is 8.61. The number of benzene rings is 1. The Balaban J connectivity index is 1.90. The Morgan fingerprint density at radius 3 is 2.43 bits per heavy atom. The fourth-order valence-electron chi connectivity index (χ4n) is 3.20. The number of likely N-dealkylation sites (tertiary alicyclic amines) is 1. The molecule has 3 unspecified atom stereocenters. The summed E-state index contributed by atoms with van der Waals surface area (Å²) >= 11 is 3.37. The SMILES string of the molecule is CC(C[NH+]1C(C)CCCC1C)OC(=O)c1ccc(Br)cc1. The third-order valence-electron chi connectivity index (χ3n) is 4.45. The van der Waals surface area contributed by atoms with E-state index in [9.17, 15) is 4.79 Å². The summed E-state index contributed by atoms with van der Waals surface area (Å²) in [5, 5.41) is 0. The van der Waals surface area contributed by atoms with Gasteiger partial charge in [-0.15, -0.1) is 0 Å². The lowest BCUT2D eigenvalue weighted by molar-refractivity contribution is -0.953. The number of carbonyl (C=O) groups excluding carboxylic acids is 1. The molecule has 0 amide bonds. The average Bonchev–Trinajstić information content (AvgIpc) is 2.43. The molecule has 1 N–H and O–H groups in total. The van der Waals surface area contributed by atoms with Crippen molar-refractivity contribution >= 4 is 21.9 Å². The summed E-state index contributed by atoms with van der Waals surface area (Å²) < 4.78 is 6.57. The Bertz CT molecular complexity index is 464. The van der Waals surface area contributed by atoms with Crippen molar-refractivity contribution in [3.05, 3.63) is 34.3 Å². The van der Waals surface area contributed by atoms with Crippen molar-refractivity contribution in [3.8, 4) is 0 Å². The molecule has 116 valence electrons. The summed E-state index contributed by atoms with van der Waals surface area (Å²) in [5.74, 6) is -0.230. The van der Waals surface area contributed by atoms with Crippen molar-refractivity contribution in [1.29, 1.82) is 0 Å². The van der Waals surface area contributed by atoms with Gasteiger partial charge in [0.25, 0.3) is 0 Å². The molecule has 4 heteroatoms. The number of hydrogen-bond acceptors (Lipinski definition) is 2. The van der Waals surface area contributed by atoms with E-state index in [-0.39, 0.29) is 12.1 Å². The van der Waals surface area contributed by atoms with Crippen LogP contribution in [0.1, 0.15) is 50.4 Å².